The van der Waals surface area contributed by atoms with E-state index in [0.29, 0.717) is 0 Å². The van der Waals surface area contributed by atoms with Crippen LogP contribution in [0.5, 0.6) is 0 Å². The third kappa shape index (κ3) is 27.9. The van der Waals surface area contributed by atoms with E-state index in [-0.39, 0.29) is 112 Å². The molecule has 6 heteroatoms. The van der Waals surface area contributed by atoms with Crippen molar-refractivity contribution < 1.29 is 0 Å². The SMILES string of the molecule is Cl.Cl.Cl.Cl.[KH].[SiH4]. The van der Waals surface area contributed by atoms with Crippen LogP contribution < -0.4 is 0 Å². The van der Waals surface area contributed by atoms with Crippen molar-refractivity contribution in [3.8, 4) is 0 Å². The van der Waals surface area contributed by atoms with E-state index in [2.05, 4.69) is 0 Å². The summed E-state index contributed by atoms with van der Waals surface area (Å²) in [5.41, 5.74) is 0. The largest absolute Gasteiger partial charge is 0.0149 e. The summed E-state index contributed by atoms with van der Waals surface area (Å²) in [6, 6.07) is 0. The minimum Gasteiger partial charge on any atom is -0.0149 e. The van der Waals surface area contributed by atoms with Crippen molar-refractivity contribution in [3.05, 3.63) is 0 Å². The van der Waals surface area contributed by atoms with E-state index in [4.69, 9.17) is 0 Å². The molecule has 0 aliphatic heterocycles. The van der Waals surface area contributed by atoms with E-state index in [1.165, 1.54) is 0 Å². The molecule has 0 unspecified atom stereocenters. The summed E-state index contributed by atoms with van der Waals surface area (Å²) in [5, 5.41) is 0. The maximum Gasteiger partial charge on any atom is -0.0149 e. The molecule has 0 N–H and O–H groups in total. The molecule has 0 nitrogen and oxygen atoms in total. The molecule has 0 saturated carbocycles. The van der Waals surface area contributed by atoms with Crippen LogP contribution in [0.2, 0.25) is 0 Å². The van der Waals surface area contributed by atoms with Crippen molar-refractivity contribution in [1.82, 2.24) is 0 Å². The van der Waals surface area contributed by atoms with Crippen LogP contribution >= 0.6 is 49.6 Å². The van der Waals surface area contributed by atoms with Crippen molar-refractivity contribution >= 4 is 112 Å². The van der Waals surface area contributed by atoms with Gasteiger partial charge in [-0.25, -0.2) is 0 Å². The molecule has 0 aliphatic rings. The fraction of sp³-hybridized carbons (Fsp3) is 0. The molecule has 0 spiro atoms. The maximum atomic E-state index is 0. The Morgan fingerprint density at radius 2 is 0.500 bits per heavy atom. The van der Waals surface area contributed by atoms with Crippen molar-refractivity contribution in [1.29, 1.82) is 0 Å². The second-order valence-corrected chi connectivity index (χ2v) is 0. The van der Waals surface area contributed by atoms with E-state index in [1.54, 1.807) is 0 Å². The van der Waals surface area contributed by atoms with Crippen LogP contribution in [0.25, 0.3) is 0 Å². The Labute approximate surface area is 110 Å². The molecule has 42 valence electrons. The van der Waals surface area contributed by atoms with Gasteiger partial charge < -0.3 is 0 Å². The monoisotopic (exact) mass is 216 g/mol. The van der Waals surface area contributed by atoms with E-state index < -0.39 is 0 Å². The number of rotatable bonds is 0. The quantitative estimate of drug-likeness (QED) is 0.485. The van der Waals surface area contributed by atoms with E-state index >= 15 is 0 Å². The molecule has 0 bridgehead atoms. The van der Waals surface area contributed by atoms with E-state index in [0.717, 1.165) is 0 Å². The Hall–Kier alpha value is 3.01. The first kappa shape index (κ1) is 63.7. The van der Waals surface area contributed by atoms with Gasteiger partial charge in [0.25, 0.3) is 0 Å². The zero-order valence-corrected chi connectivity index (χ0v) is 4.90. The molecule has 0 saturated heterocycles. The van der Waals surface area contributed by atoms with Crippen molar-refractivity contribution in [3.63, 3.8) is 0 Å². The summed E-state index contributed by atoms with van der Waals surface area (Å²) in [6.07, 6.45) is 0. The van der Waals surface area contributed by atoms with Crippen LogP contribution in [0, 0.1) is 0 Å². The Morgan fingerprint density at radius 3 is 0.500 bits per heavy atom. The summed E-state index contributed by atoms with van der Waals surface area (Å²) in [6.45, 7) is 0. The average Bonchev–Trinajstić information content (AvgIpc) is 0. The summed E-state index contributed by atoms with van der Waals surface area (Å²) in [5.74, 6) is 0. The third-order valence-corrected chi connectivity index (χ3v) is 0. The van der Waals surface area contributed by atoms with Gasteiger partial charge in [-0.15, -0.1) is 49.6 Å². The minimum absolute atomic E-state index is 0. The standard InChI is InChI=1S/4ClH.K.H4Si.H/h4*1H;;1H4;. The second-order valence-electron chi connectivity index (χ2n) is 0. The average molecular weight is 218 g/mol. The first-order valence-electron chi connectivity index (χ1n) is 0. The third-order valence-electron chi connectivity index (χ3n) is 0. The molecule has 0 atom stereocenters. The summed E-state index contributed by atoms with van der Waals surface area (Å²) in [7, 11) is 0. The van der Waals surface area contributed by atoms with Crippen molar-refractivity contribution in [2.75, 3.05) is 0 Å². The van der Waals surface area contributed by atoms with Crippen LogP contribution in [0.15, 0.2) is 0 Å². The van der Waals surface area contributed by atoms with Crippen LogP contribution in [0.4, 0.5) is 0 Å². The van der Waals surface area contributed by atoms with Gasteiger partial charge in [0.2, 0.25) is 0 Å². The Morgan fingerprint density at radius 1 is 0.500 bits per heavy atom. The Kier molecular flexibility index (Phi) is 461. The van der Waals surface area contributed by atoms with Gasteiger partial charge in [0.1, 0.15) is 0 Å². The van der Waals surface area contributed by atoms with Crippen LogP contribution in [0.1, 0.15) is 0 Å². The molecule has 0 rings (SSSR count). The predicted octanol–water partition coefficient (Wildman–Crippen LogP) is -0.413. The second kappa shape index (κ2) is 43.4. The van der Waals surface area contributed by atoms with Gasteiger partial charge in [0.15, 0.2) is 0 Å². The zero-order valence-electron chi connectivity index (χ0n) is 1.63. The smallest absolute Gasteiger partial charge is 0.0149 e. The topological polar surface area (TPSA) is 0 Å². The molecule has 0 radical (unpaired) electrons. The van der Waals surface area contributed by atoms with E-state index in [9.17, 15) is 0 Å². The Bertz CT molecular complexity index is 7.51. The fourth-order valence-corrected chi connectivity index (χ4v) is 0. The van der Waals surface area contributed by atoms with E-state index in [1.807, 2.05) is 0 Å². The predicted molar refractivity (Wildman–Crippen MR) is 47.5 cm³/mol. The van der Waals surface area contributed by atoms with Gasteiger partial charge >= 0.3 is 51.4 Å². The first-order valence-corrected chi connectivity index (χ1v) is 0. The van der Waals surface area contributed by atoms with Crippen LogP contribution in [-0.4, -0.2) is 62.3 Å². The molecule has 0 aromatic heterocycles. The summed E-state index contributed by atoms with van der Waals surface area (Å²) in [4.78, 5) is 0. The number of hydrogen-bond acceptors (Lipinski definition) is 0. The fourth-order valence-electron chi connectivity index (χ4n) is 0. The summed E-state index contributed by atoms with van der Waals surface area (Å²) < 4.78 is 0. The van der Waals surface area contributed by atoms with Crippen LogP contribution in [0.3, 0.4) is 0 Å². The van der Waals surface area contributed by atoms with Gasteiger partial charge in [-0.2, -0.15) is 0 Å². The molecule has 0 heterocycles. The number of halogens is 4. The molecule has 0 aromatic carbocycles. The number of hydrogen-bond donors (Lipinski definition) is 0. The normalized spacial score (nSPS) is 0. The first-order chi connectivity index (χ1) is 0. The summed E-state index contributed by atoms with van der Waals surface area (Å²) >= 11 is 0. The van der Waals surface area contributed by atoms with Gasteiger partial charge in [0.05, 0.1) is 0 Å². The molecule has 0 amide bonds. The van der Waals surface area contributed by atoms with Crippen molar-refractivity contribution in [2.45, 2.75) is 0 Å². The maximum absolute atomic E-state index is 0. The van der Waals surface area contributed by atoms with Crippen molar-refractivity contribution in [2.24, 2.45) is 0 Å². The molecule has 0 aromatic rings. The van der Waals surface area contributed by atoms with Gasteiger partial charge in [-0.3, -0.25) is 0 Å². The molecule has 0 aliphatic carbocycles. The van der Waals surface area contributed by atoms with Gasteiger partial charge in [0, 0.05) is 0 Å². The van der Waals surface area contributed by atoms with Crippen LogP contribution in [-0.2, 0) is 0 Å². The molecule has 6 heavy (non-hydrogen) atoms. The molecular weight excluding hydrogens is 209 g/mol. The zero-order chi connectivity index (χ0) is 0. The molecular formula is H9Cl4KSi. The van der Waals surface area contributed by atoms with Gasteiger partial charge in [-0.05, 0) is 11.0 Å². The van der Waals surface area contributed by atoms with Gasteiger partial charge in [-0.1, -0.05) is 0 Å². The molecule has 0 fully saturated rings. The Balaban J connectivity index is 0. The minimum atomic E-state index is 0.